The van der Waals surface area contributed by atoms with E-state index in [2.05, 4.69) is 24.4 Å². The minimum Gasteiger partial charge on any atom is -0.467 e. The first-order valence-electron chi connectivity index (χ1n) is 10.9. The van der Waals surface area contributed by atoms with Crippen molar-refractivity contribution in [2.75, 3.05) is 19.6 Å². The number of urea groups is 1. The lowest BCUT2D eigenvalue weighted by molar-refractivity contribution is -0.133. The molecule has 6 nitrogen and oxygen atoms in total. The zero-order valence-electron chi connectivity index (χ0n) is 18.5. The van der Waals surface area contributed by atoms with Gasteiger partial charge in [0.15, 0.2) is 0 Å². The molecule has 0 aliphatic rings. The Bertz CT molecular complexity index is 746. The molecule has 30 heavy (non-hydrogen) atoms. The zero-order valence-corrected chi connectivity index (χ0v) is 18.5. The fourth-order valence-corrected chi connectivity index (χ4v) is 3.16. The van der Waals surface area contributed by atoms with E-state index in [9.17, 15) is 9.59 Å². The summed E-state index contributed by atoms with van der Waals surface area (Å²) in [5, 5.41) is 2.94. The number of unbranched alkanes of at least 4 members (excludes halogenated alkanes) is 1. The van der Waals surface area contributed by atoms with Gasteiger partial charge in [-0.1, -0.05) is 50.6 Å². The van der Waals surface area contributed by atoms with Crippen LogP contribution in [0.15, 0.2) is 53.1 Å². The van der Waals surface area contributed by atoms with Gasteiger partial charge in [0.1, 0.15) is 12.3 Å². The van der Waals surface area contributed by atoms with E-state index in [-0.39, 0.29) is 24.5 Å². The van der Waals surface area contributed by atoms with Crippen molar-refractivity contribution in [2.24, 2.45) is 0 Å². The average molecular weight is 414 g/mol. The lowest BCUT2D eigenvalue weighted by Crippen LogP contribution is -2.50. The van der Waals surface area contributed by atoms with Gasteiger partial charge in [0, 0.05) is 19.1 Å². The molecule has 0 bridgehead atoms. The van der Waals surface area contributed by atoms with Gasteiger partial charge in [-0.25, -0.2) is 4.79 Å². The molecule has 1 aromatic carbocycles. The fourth-order valence-electron chi connectivity index (χ4n) is 3.16. The smallest absolute Gasteiger partial charge is 0.318 e. The largest absolute Gasteiger partial charge is 0.467 e. The highest BCUT2D eigenvalue weighted by molar-refractivity contribution is 5.84. The maximum Gasteiger partial charge on any atom is 0.318 e. The Hall–Kier alpha value is -2.76. The molecule has 3 amide bonds. The maximum absolute atomic E-state index is 13.2. The van der Waals surface area contributed by atoms with Gasteiger partial charge in [-0.2, -0.15) is 0 Å². The first kappa shape index (κ1) is 23.5. The Kier molecular flexibility index (Phi) is 9.98. The van der Waals surface area contributed by atoms with Crippen LogP contribution in [0.25, 0.3) is 0 Å². The van der Waals surface area contributed by atoms with Crippen LogP contribution in [0.5, 0.6) is 0 Å². The third-order valence-corrected chi connectivity index (χ3v) is 5.29. The van der Waals surface area contributed by atoms with E-state index in [0.29, 0.717) is 19.6 Å². The highest BCUT2D eigenvalue weighted by Crippen LogP contribution is 2.11. The van der Waals surface area contributed by atoms with Gasteiger partial charge in [0.2, 0.25) is 5.91 Å². The van der Waals surface area contributed by atoms with Gasteiger partial charge in [0.25, 0.3) is 0 Å². The van der Waals surface area contributed by atoms with Crippen LogP contribution < -0.4 is 5.32 Å². The van der Waals surface area contributed by atoms with Crippen LogP contribution in [0.4, 0.5) is 4.79 Å². The second-order valence-electron chi connectivity index (χ2n) is 7.60. The molecule has 1 atom stereocenters. The van der Waals surface area contributed by atoms with E-state index in [1.54, 1.807) is 16.1 Å². The van der Waals surface area contributed by atoms with Gasteiger partial charge in [-0.05, 0) is 43.9 Å². The standard InChI is InChI=1S/C24H35N3O3/c1-4-6-15-25-24(29)27(20(3)5-2)19-23(28)26(18-22-13-10-17-30-22)16-14-21-11-8-7-9-12-21/h7-13,17,20H,4-6,14-16,18-19H2,1-3H3,(H,25,29)/t20-/m1/s1. The zero-order chi connectivity index (χ0) is 21.8. The normalized spacial score (nSPS) is 11.7. The third-order valence-electron chi connectivity index (χ3n) is 5.29. The summed E-state index contributed by atoms with van der Waals surface area (Å²) in [4.78, 5) is 29.3. The first-order chi connectivity index (χ1) is 14.5. The number of hydrogen-bond acceptors (Lipinski definition) is 3. The number of benzene rings is 1. The quantitative estimate of drug-likeness (QED) is 0.523. The van der Waals surface area contributed by atoms with Gasteiger partial charge >= 0.3 is 6.03 Å². The highest BCUT2D eigenvalue weighted by atomic mass is 16.3. The van der Waals surface area contributed by atoms with Crippen molar-refractivity contribution in [1.82, 2.24) is 15.1 Å². The predicted octanol–water partition coefficient (Wildman–Crippen LogP) is 4.46. The van der Waals surface area contributed by atoms with E-state index in [1.165, 1.54) is 5.56 Å². The average Bonchev–Trinajstić information content (AvgIpc) is 3.28. The molecule has 1 N–H and O–H groups in total. The summed E-state index contributed by atoms with van der Waals surface area (Å²) in [6.07, 6.45) is 5.09. The first-order valence-corrected chi connectivity index (χ1v) is 10.9. The molecule has 0 aliphatic carbocycles. The molecule has 164 valence electrons. The lowest BCUT2D eigenvalue weighted by atomic mass is 10.1. The van der Waals surface area contributed by atoms with Crippen molar-refractivity contribution >= 4 is 11.9 Å². The number of furan rings is 1. The van der Waals surface area contributed by atoms with Gasteiger partial charge in [-0.15, -0.1) is 0 Å². The second-order valence-corrected chi connectivity index (χ2v) is 7.60. The number of rotatable bonds is 12. The monoisotopic (exact) mass is 413 g/mol. The molecular weight excluding hydrogens is 378 g/mol. The summed E-state index contributed by atoms with van der Waals surface area (Å²) in [7, 11) is 0. The number of hydrogen-bond donors (Lipinski definition) is 1. The SMILES string of the molecule is CCCCNC(=O)N(CC(=O)N(CCc1ccccc1)Cc1ccco1)[C@H](C)CC. The molecule has 0 spiro atoms. The van der Waals surface area contributed by atoms with Crippen molar-refractivity contribution in [3.05, 3.63) is 60.1 Å². The summed E-state index contributed by atoms with van der Waals surface area (Å²) in [6.45, 7) is 7.73. The number of amides is 3. The fraction of sp³-hybridized carbons (Fsp3) is 0.500. The highest BCUT2D eigenvalue weighted by Gasteiger charge is 2.25. The minimum absolute atomic E-state index is 0.0184. The van der Waals surface area contributed by atoms with Crippen molar-refractivity contribution < 1.29 is 14.0 Å². The Labute approximate surface area is 180 Å². The summed E-state index contributed by atoms with van der Waals surface area (Å²) < 4.78 is 5.47. The Morgan fingerprint density at radius 2 is 1.87 bits per heavy atom. The molecule has 0 fully saturated rings. The molecule has 2 rings (SSSR count). The van der Waals surface area contributed by atoms with Crippen molar-refractivity contribution in [3.8, 4) is 0 Å². The molecule has 6 heteroatoms. The van der Waals surface area contributed by atoms with Crippen LogP contribution >= 0.6 is 0 Å². The molecule has 0 radical (unpaired) electrons. The summed E-state index contributed by atoms with van der Waals surface area (Å²) in [5.41, 5.74) is 1.17. The van der Waals surface area contributed by atoms with Gasteiger partial charge in [-0.3, -0.25) is 4.79 Å². The second kappa shape index (κ2) is 12.7. The number of carbonyl (C=O) groups is 2. The Morgan fingerprint density at radius 3 is 2.50 bits per heavy atom. The van der Waals surface area contributed by atoms with Crippen molar-refractivity contribution in [1.29, 1.82) is 0 Å². The van der Waals surface area contributed by atoms with E-state index in [1.807, 2.05) is 44.2 Å². The molecular formula is C24H35N3O3. The van der Waals surface area contributed by atoms with E-state index in [0.717, 1.165) is 31.4 Å². The number of nitrogens with zero attached hydrogens (tertiary/aromatic N) is 2. The molecule has 1 aromatic heterocycles. The molecule has 0 unspecified atom stereocenters. The molecule has 1 heterocycles. The van der Waals surface area contributed by atoms with E-state index >= 15 is 0 Å². The third kappa shape index (κ3) is 7.58. The number of carbonyl (C=O) groups excluding carboxylic acids is 2. The molecule has 2 aromatic rings. The summed E-state index contributed by atoms with van der Waals surface area (Å²) in [6, 6.07) is 13.6. The van der Waals surface area contributed by atoms with E-state index in [4.69, 9.17) is 4.42 Å². The Morgan fingerprint density at radius 1 is 1.10 bits per heavy atom. The van der Waals surface area contributed by atoms with Crippen LogP contribution in [0.2, 0.25) is 0 Å². The maximum atomic E-state index is 13.2. The molecule has 0 aliphatic heterocycles. The van der Waals surface area contributed by atoms with Crippen molar-refractivity contribution in [3.63, 3.8) is 0 Å². The number of nitrogens with one attached hydrogen (secondary N) is 1. The van der Waals surface area contributed by atoms with E-state index < -0.39 is 0 Å². The summed E-state index contributed by atoms with van der Waals surface area (Å²) in [5.74, 6) is 0.659. The van der Waals surface area contributed by atoms with Crippen molar-refractivity contribution in [2.45, 2.75) is 59.0 Å². The van der Waals surface area contributed by atoms with Crippen LogP contribution in [0, 0.1) is 0 Å². The topological polar surface area (TPSA) is 65.8 Å². The molecule has 0 saturated heterocycles. The Balaban J connectivity index is 2.07. The van der Waals surface area contributed by atoms with Crippen LogP contribution in [-0.4, -0.2) is 47.4 Å². The molecule has 0 saturated carbocycles. The minimum atomic E-state index is -0.174. The van der Waals surface area contributed by atoms with Gasteiger partial charge in [0.05, 0.1) is 12.8 Å². The lowest BCUT2D eigenvalue weighted by Gasteiger charge is -2.31. The van der Waals surface area contributed by atoms with Crippen LogP contribution in [0.1, 0.15) is 51.4 Å². The predicted molar refractivity (Wildman–Crippen MR) is 119 cm³/mol. The van der Waals surface area contributed by atoms with Crippen LogP contribution in [-0.2, 0) is 17.8 Å². The summed E-state index contributed by atoms with van der Waals surface area (Å²) >= 11 is 0. The van der Waals surface area contributed by atoms with Crippen LogP contribution in [0.3, 0.4) is 0 Å². The van der Waals surface area contributed by atoms with Gasteiger partial charge < -0.3 is 19.5 Å².